The van der Waals surface area contributed by atoms with Crippen LogP contribution in [0, 0.1) is 23.2 Å². The Labute approximate surface area is 242 Å². The summed E-state index contributed by atoms with van der Waals surface area (Å²) in [5.41, 5.74) is 4.85. The molecule has 0 bridgehead atoms. The SMILES string of the molecule is CC#CC(CC(=O)OCC)c1ccc(OCc2cc(-c3cccc(C(C)(C)C#N)c3)c3nc(C(C)C)nn3c2)cc1. The Morgan fingerprint density at radius 3 is 2.54 bits per heavy atom. The normalized spacial score (nSPS) is 12.0. The summed E-state index contributed by atoms with van der Waals surface area (Å²) in [4.78, 5) is 16.9. The Balaban J connectivity index is 1.62. The van der Waals surface area contributed by atoms with Crippen molar-refractivity contribution < 1.29 is 14.3 Å². The van der Waals surface area contributed by atoms with Crippen LogP contribution in [-0.4, -0.2) is 27.2 Å². The van der Waals surface area contributed by atoms with Crippen molar-refractivity contribution in [1.82, 2.24) is 14.6 Å². The van der Waals surface area contributed by atoms with Crippen LogP contribution in [0.4, 0.5) is 0 Å². The minimum Gasteiger partial charge on any atom is -0.489 e. The molecule has 7 heteroatoms. The second-order valence-electron chi connectivity index (χ2n) is 10.8. The van der Waals surface area contributed by atoms with Gasteiger partial charge in [0.1, 0.15) is 12.4 Å². The van der Waals surface area contributed by atoms with Crippen LogP contribution < -0.4 is 4.74 Å². The first kappa shape index (κ1) is 29.4. The molecule has 0 N–H and O–H groups in total. The van der Waals surface area contributed by atoms with Gasteiger partial charge in [0.15, 0.2) is 11.5 Å². The number of aromatic nitrogens is 3. The van der Waals surface area contributed by atoms with Crippen LogP contribution in [0.3, 0.4) is 0 Å². The van der Waals surface area contributed by atoms with Gasteiger partial charge < -0.3 is 9.47 Å². The molecule has 41 heavy (non-hydrogen) atoms. The Hall–Kier alpha value is -4.62. The van der Waals surface area contributed by atoms with Crippen molar-refractivity contribution in [2.24, 2.45) is 0 Å². The first-order chi connectivity index (χ1) is 19.6. The molecular formula is C34H36N4O3. The van der Waals surface area contributed by atoms with Crippen LogP contribution in [0.1, 0.15) is 82.3 Å². The predicted molar refractivity (Wildman–Crippen MR) is 159 cm³/mol. The summed E-state index contributed by atoms with van der Waals surface area (Å²) in [5.74, 6) is 7.17. The van der Waals surface area contributed by atoms with Crippen LogP contribution in [-0.2, 0) is 21.6 Å². The molecule has 0 aliphatic heterocycles. The van der Waals surface area contributed by atoms with E-state index in [1.165, 1.54) is 0 Å². The van der Waals surface area contributed by atoms with Crippen LogP contribution in [0.2, 0.25) is 0 Å². The van der Waals surface area contributed by atoms with E-state index in [0.29, 0.717) is 19.0 Å². The highest BCUT2D eigenvalue weighted by Crippen LogP contribution is 2.31. The third kappa shape index (κ3) is 6.94. The Bertz CT molecular complexity index is 1630. The number of hydrogen-bond donors (Lipinski definition) is 0. The number of benzene rings is 2. The lowest BCUT2D eigenvalue weighted by atomic mass is 9.85. The lowest BCUT2D eigenvalue weighted by Gasteiger charge is -2.17. The fourth-order valence-corrected chi connectivity index (χ4v) is 4.51. The Kier molecular flexibility index (Phi) is 9.10. The van der Waals surface area contributed by atoms with Crippen molar-refractivity contribution in [2.75, 3.05) is 6.61 Å². The summed E-state index contributed by atoms with van der Waals surface area (Å²) < 4.78 is 13.1. The van der Waals surface area contributed by atoms with Crippen molar-refractivity contribution in [3.05, 3.63) is 83.3 Å². The van der Waals surface area contributed by atoms with Crippen LogP contribution in [0.25, 0.3) is 16.8 Å². The van der Waals surface area contributed by atoms with Crippen molar-refractivity contribution in [2.45, 2.75) is 71.8 Å². The molecule has 210 valence electrons. The second kappa shape index (κ2) is 12.7. The number of pyridine rings is 1. The molecular weight excluding hydrogens is 512 g/mol. The van der Waals surface area contributed by atoms with E-state index < -0.39 is 5.41 Å². The fourth-order valence-electron chi connectivity index (χ4n) is 4.51. The van der Waals surface area contributed by atoms with E-state index in [4.69, 9.17) is 19.6 Å². The summed E-state index contributed by atoms with van der Waals surface area (Å²) in [6, 6.07) is 20.2. The van der Waals surface area contributed by atoms with Gasteiger partial charge in [-0.25, -0.2) is 9.50 Å². The quantitative estimate of drug-likeness (QED) is 0.157. The summed E-state index contributed by atoms with van der Waals surface area (Å²) in [6.45, 7) is 12.2. The van der Waals surface area contributed by atoms with E-state index in [0.717, 1.165) is 39.3 Å². The Morgan fingerprint density at radius 1 is 1.12 bits per heavy atom. The largest absolute Gasteiger partial charge is 0.489 e. The number of carbonyl (C=O) groups excluding carboxylic acids is 1. The number of carbonyl (C=O) groups is 1. The predicted octanol–water partition coefficient (Wildman–Crippen LogP) is 6.96. The molecule has 4 rings (SSSR count). The standard InChI is InChI=1S/C34H36N4O3/c1-7-10-26(19-31(39)40-8-2)25-13-15-29(16-14-25)41-21-24-17-30(33-36-32(23(3)4)37-38(33)20-24)27-11-9-12-28(18-27)34(5,6)22-35/h9,11-18,20,23,26H,8,19,21H2,1-6H3. The number of rotatable bonds is 10. The second-order valence-corrected chi connectivity index (χ2v) is 10.8. The highest BCUT2D eigenvalue weighted by Gasteiger charge is 2.21. The van der Waals surface area contributed by atoms with Crippen molar-refractivity contribution >= 4 is 11.6 Å². The summed E-state index contributed by atoms with van der Waals surface area (Å²) >= 11 is 0. The monoisotopic (exact) mass is 548 g/mol. The number of fused-ring (bicyclic) bond motifs is 1. The fraction of sp³-hybridized carbons (Fsp3) is 0.353. The average molecular weight is 549 g/mol. The zero-order chi connectivity index (χ0) is 29.6. The minimum absolute atomic E-state index is 0.176. The molecule has 0 amide bonds. The molecule has 0 aliphatic rings. The highest BCUT2D eigenvalue weighted by atomic mass is 16.5. The van der Waals surface area contributed by atoms with E-state index >= 15 is 0 Å². The summed E-state index contributed by atoms with van der Waals surface area (Å²) in [7, 11) is 0. The van der Waals surface area contributed by atoms with Gasteiger partial charge >= 0.3 is 5.97 Å². The van der Waals surface area contributed by atoms with Crippen LogP contribution in [0.5, 0.6) is 5.75 Å². The number of ether oxygens (including phenoxy) is 2. The molecule has 0 spiro atoms. The molecule has 7 nitrogen and oxygen atoms in total. The smallest absolute Gasteiger partial charge is 0.307 e. The molecule has 0 fully saturated rings. The molecule has 0 aliphatic carbocycles. The lowest BCUT2D eigenvalue weighted by Crippen LogP contribution is -2.13. The van der Waals surface area contributed by atoms with Gasteiger partial charge in [-0.15, -0.1) is 5.92 Å². The maximum Gasteiger partial charge on any atom is 0.307 e. The van der Waals surface area contributed by atoms with Crippen LogP contribution >= 0.6 is 0 Å². The first-order valence-corrected chi connectivity index (χ1v) is 13.9. The maximum absolute atomic E-state index is 12.0. The summed E-state index contributed by atoms with van der Waals surface area (Å²) in [6.07, 6.45) is 2.15. The third-order valence-electron chi connectivity index (χ3n) is 6.88. The van der Waals surface area contributed by atoms with Crippen LogP contribution in [0.15, 0.2) is 60.8 Å². The van der Waals surface area contributed by atoms with Gasteiger partial charge in [0.05, 0.1) is 30.4 Å². The van der Waals surface area contributed by atoms with E-state index in [-0.39, 0.29) is 24.2 Å². The molecule has 2 aromatic carbocycles. The maximum atomic E-state index is 12.0. The average Bonchev–Trinajstić information content (AvgIpc) is 3.41. The molecule has 2 heterocycles. The summed E-state index contributed by atoms with van der Waals surface area (Å²) in [5, 5.41) is 14.4. The van der Waals surface area contributed by atoms with E-state index in [9.17, 15) is 10.1 Å². The lowest BCUT2D eigenvalue weighted by molar-refractivity contribution is -0.143. The van der Waals surface area contributed by atoms with Gasteiger partial charge in [-0.05, 0) is 68.7 Å². The molecule has 0 saturated heterocycles. The van der Waals surface area contributed by atoms with Gasteiger partial charge in [-0.2, -0.15) is 10.4 Å². The van der Waals surface area contributed by atoms with Gasteiger partial charge in [0, 0.05) is 23.2 Å². The molecule has 1 unspecified atom stereocenters. The van der Waals surface area contributed by atoms with Gasteiger partial charge in [0.2, 0.25) is 0 Å². The zero-order valence-electron chi connectivity index (χ0n) is 24.6. The van der Waals surface area contributed by atoms with Crippen molar-refractivity contribution in [3.63, 3.8) is 0 Å². The topological polar surface area (TPSA) is 89.5 Å². The third-order valence-corrected chi connectivity index (χ3v) is 6.88. The molecule has 2 aromatic heterocycles. The number of hydrogen-bond acceptors (Lipinski definition) is 6. The number of nitriles is 1. The molecule has 0 radical (unpaired) electrons. The number of nitrogens with zero attached hydrogens (tertiary/aromatic N) is 4. The first-order valence-electron chi connectivity index (χ1n) is 13.9. The van der Waals surface area contributed by atoms with E-state index in [2.05, 4.69) is 43.9 Å². The van der Waals surface area contributed by atoms with Crippen molar-refractivity contribution in [1.29, 1.82) is 5.26 Å². The molecule has 4 aromatic rings. The minimum atomic E-state index is -0.617. The van der Waals surface area contributed by atoms with Gasteiger partial charge in [-0.3, -0.25) is 4.79 Å². The molecule has 0 saturated carbocycles. The van der Waals surface area contributed by atoms with Gasteiger partial charge in [-0.1, -0.05) is 50.1 Å². The van der Waals surface area contributed by atoms with Crippen molar-refractivity contribution in [3.8, 4) is 34.8 Å². The van der Waals surface area contributed by atoms with E-state index in [1.807, 2.05) is 67.0 Å². The number of esters is 1. The Morgan fingerprint density at radius 2 is 1.88 bits per heavy atom. The molecule has 1 atom stereocenters. The zero-order valence-corrected chi connectivity index (χ0v) is 24.6. The highest BCUT2D eigenvalue weighted by molar-refractivity contribution is 5.78. The van der Waals surface area contributed by atoms with E-state index in [1.54, 1.807) is 13.8 Å². The van der Waals surface area contributed by atoms with Gasteiger partial charge in [0.25, 0.3) is 0 Å².